The SMILES string of the molecule is [Ag].[Ni].[O]=[Fe]. The molecule has 0 unspecified atom stereocenters. The van der Waals surface area contributed by atoms with Crippen molar-refractivity contribution in [3.8, 4) is 0 Å². The zero-order valence-corrected chi connectivity index (χ0v) is 4.95. The van der Waals surface area contributed by atoms with Crippen LogP contribution in [0.15, 0.2) is 0 Å². The van der Waals surface area contributed by atoms with Gasteiger partial charge in [0.2, 0.25) is 0 Å². The number of hydrogen-bond donors (Lipinski definition) is 0. The molecular formula is AgFeNiO. The maximum atomic E-state index is 8.00. The summed E-state index contributed by atoms with van der Waals surface area (Å²) in [5.41, 5.74) is 0. The number of rotatable bonds is 0. The van der Waals surface area contributed by atoms with Crippen LogP contribution in [0.25, 0.3) is 0 Å². The van der Waals surface area contributed by atoms with Crippen LogP contribution in [0.3, 0.4) is 0 Å². The molecule has 0 heterocycles. The van der Waals surface area contributed by atoms with Gasteiger partial charge in [0.1, 0.15) is 0 Å². The number of hydrogen-bond acceptors (Lipinski definition) is 1. The van der Waals surface area contributed by atoms with E-state index >= 15 is 0 Å². The van der Waals surface area contributed by atoms with E-state index in [-0.39, 0.29) is 38.9 Å². The molecule has 0 aromatic carbocycles. The molecule has 0 bridgehead atoms. The van der Waals surface area contributed by atoms with Gasteiger partial charge in [0.15, 0.2) is 0 Å². The Kier molecular flexibility index (Phi) is 105. The summed E-state index contributed by atoms with van der Waals surface area (Å²) >= 11 is 2.00. The minimum absolute atomic E-state index is 0. The second kappa shape index (κ2) is 23.8. The van der Waals surface area contributed by atoms with E-state index < -0.39 is 0 Å². The fourth-order valence-electron chi connectivity index (χ4n) is 0. The van der Waals surface area contributed by atoms with Gasteiger partial charge in [0, 0.05) is 38.9 Å². The van der Waals surface area contributed by atoms with Crippen LogP contribution in [-0.2, 0) is 58.7 Å². The first-order chi connectivity index (χ1) is 1.00. The molecular weight excluding hydrogens is 238 g/mol. The summed E-state index contributed by atoms with van der Waals surface area (Å²) in [7, 11) is 0. The molecule has 0 aliphatic rings. The molecule has 1 nitrogen and oxygen atoms in total. The molecule has 4 heavy (non-hydrogen) atoms. The zero-order chi connectivity index (χ0) is 2.00. The van der Waals surface area contributed by atoms with Crippen LogP contribution in [0.4, 0.5) is 0 Å². The first-order valence-electron chi connectivity index (χ1n) is 0.144. The van der Waals surface area contributed by atoms with Gasteiger partial charge in [-0.15, -0.1) is 0 Å². The summed E-state index contributed by atoms with van der Waals surface area (Å²) in [5, 5.41) is 0. The Bertz CT molecular complexity index is 8.00. The van der Waals surface area contributed by atoms with E-state index in [1.807, 2.05) is 15.9 Å². The molecule has 0 aromatic heterocycles. The van der Waals surface area contributed by atoms with Crippen LogP contribution in [-0.4, -0.2) is 0 Å². The van der Waals surface area contributed by atoms with Crippen molar-refractivity contribution < 1.29 is 58.7 Å². The summed E-state index contributed by atoms with van der Waals surface area (Å²) in [6, 6.07) is 0. The van der Waals surface area contributed by atoms with Crippen molar-refractivity contribution in [3.05, 3.63) is 0 Å². The first-order valence-corrected chi connectivity index (χ1v) is 0.595. The molecule has 0 aliphatic carbocycles. The van der Waals surface area contributed by atoms with Gasteiger partial charge in [-0.1, -0.05) is 0 Å². The van der Waals surface area contributed by atoms with E-state index in [1.165, 1.54) is 0 Å². The molecule has 0 aromatic rings. The van der Waals surface area contributed by atoms with E-state index in [0.717, 1.165) is 0 Å². The van der Waals surface area contributed by atoms with Crippen molar-refractivity contribution in [1.82, 2.24) is 0 Å². The fraction of sp³-hybridized carbons (Fsp3) is 0. The van der Waals surface area contributed by atoms with Gasteiger partial charge in [-0.25, -0.2) is 0 Å². The molecule has 1 radical (unpaired) electrons. The Morgan fingerprint density at radius 1 is 1.25 bits per heavy atom. The van der Waals surface area contributed by atoms with Crippen LogP contribution < -0.4 is 0 Å². The predicted molar refractivity (Wildman–Crippen MR) is 0.686 cm³/mol. The third-order valence-electron chi connectivity index (χ3n) is 0. The van der Waals surface area contributed by atoms with Crippen LogP contribution in [0.1, 0.15) is 0 Å². The third kappa shape index (κ3) is 9.60. The molecule has 0 spiro atoms. The third-order valence-corrected chi connectivity index (χ3v) is 0. The average molecular weight is 238 g/mol. The molecule has 0 atom stereocenters. The van der Waals surface area contributed by atoms with E-state index in [1.54, 1.807) is 0 Å². The molecule has 0 saturated heterocycles. The van der Waals surface area contributed by atoms with Gasteiger partial charge < -0.3 is 0 Å². The van der Waals surface area contributed by atoms with E-state index in [0.29, 0.717) is 0 Å². The van der Waals surface area contributed by atoms with Gasteiger partial charge in [0.05, 0.1) is 0 Å². The van der Waals surface area contributed by atoms with Gasteiger partial charge in [-0.3, -0.25) is 0 Å². The van der Waals surface area contributed by atoms with Crippen molar-refractivity contribution in [2.24, 2.45) is 0 Å². The van der Waals surface area contributed by atoms with Crippen molar-refractivity contribution in [2.45, 2.75) is 0 Å². The topological polar surface area (TPSA) is 17.1 Å². The Morgan fingerprint density at radius 3 is 1.25 bits per heavy atom. The second-order valence-corrected chi connectivity index (χ2v) is 0. The van der Waals surface area contributed by atoms with Crippen LogP contribution in [0.2, 0.25) is 0 Å². The molecule has 0 amide bonds. The van der Waals surface area contributed by atoms with Gasteiger partial charge in [-0.05, 0) is 0 Å². The van der Waals surface area contributed by atoms with Crippen molar-refractivity contribution in [2.75, 3.05) is 0 Å². The molecule has 35 valence electrons. The summed E-state index contributed by atoms with van der Waals surface area (Å²) in [5.74, 6) is 0. The Balaban J connectivity index is -0.00000000500. The van der Waals surface area contributed by atoms with Gasteiger partial charge >= 0.3 is 19.8 Å². The standard InChI is InChI=1S/Ag.Fe.Ni.O. The Labute approximate surface area is 58.4 Å². The quantitative estimate of drug-likeness (QED) is 0.538. The van der Waals surface area contributed by atoms with Crippen molar-refractivity contribution in [1.29, 1.82) is 0 Å². The zero-order valence-electron chi connectivity index (χ0n) is 1.38. The fourth-order valence-corrected chi connectivity index (χ4v) is 0. The second-order valence-electron chi connectivity index (χ2n) is 0. The molecule has 0 aliphatic heterocycles. The first kappa shape index (κ1) is 17.7. The van der Waals surface area contributed by atoms with Crippen LogP contribution in [0, 0.1) is 0 Å². The van der Waals surface area contributed by atoms with Crippen LogP contribution >= 0.6 is 0 Å². The molecule has 0 N–H and O–H groups in total. The summed E-state index contributed by atoms with van der Waals surface area (Å²) in [6.45, 7) is 0. The molecule has 0 saturated carbocycles. The van der Waals surface area contributed by atoms with Gasteiger partial charge in [-0.2, -0.15) is 0 Å². The predicted octanol–water partition coefficient (Wildman–Crippen LogP) is -0.126. The Hall–Kier alpha value is 1.55. The summed E-state index contributed by atoms with van der Waals surface area (Å²) in [4.78, 5) is 0. The Morgan fingerprint density at radius 2 is 1.25 bits per heavy atom. The average Bonchev–Trinajstić information content (AvgIpc) is 1.00. The molecule has 0 rings (SSSR count). The maximum absolute atomic E-state index is 8.00. The van der Waals surface area contributed by atoms with Crippen molar-refractivity contribution >= 4 is 0 Å². The molecule has 4 heteroatoms. The van der Waals surface area contributed by atoms with Crippen LogP contribution in [0.5, 0.6) is 0 Å². The van der Waals surface area contributed by atoms with Gasteiger partial charge in [0.25, 0.3) is 0 Å². The van der Waals surface area contributed by atoms with E-state index in [2.05, 4.69) is 0 Å². The normalized spacial score (nSPS) is 1.25. The van der Waals surface area contributed by atoms with E-state index in [4.69, 9.17) is 3.83 Å². The summed E-state index contributed by atoms with van der Waals surface area (Å²) in [6.07, 6.45) is 0. The van der Waals surface area contributed by atoms with E-state index in [9.17, 15) is 0 Å². The summed E-state index contributed by atoms with van der Waals surface area (Å²) < 4.78 is 8.00. The van der Waals surface area contributed by atoms with Crippen molar-refractivity contribution in [3.63, 3.8) is 0 Å². The minimum atomic E-state index is 0. The monoisotopic (exact) mass is 237 g/mol. The molecule has 0 fully saturated rings.